The summed E-state index contributed by atoms with van der Waals surface area (Å²) in [7, 11) is 1.95. The molecule has 0 fully saturated rings. The van der Waals surface area contributed by atoms with Crippen LogP contribution in [0.5, 0.6) is 0 Å². The van der Waals surface area contributed by atoms with Gasteiger partial charge in [0.1, 0.15) is 5.60 Å². The van der Waals surface area contributed by atoms with E-state index in [2.05, 4.69) is 41.7 Å². The van der Waals surface area contributed by atoms with Crippen LogP contribution in [-0.2, 0) is 11.4 Å². The van der Waals surface area contributed by atoms with Crippen LogP contribution in [0.4, 0.5) is 0 Å². The highest BCUT2D eigenvalue weighted by Crippen LogP contribution is 2.45. The molecule has 2 aromatic carbocycles. The van der Waals surface area contributed by atoms with Gasteiger partial charge in [0.15, 0.2) is 0 Å². The van der Waals surface area contributed by atoms with Gasteiger partial charge in [0.25, 0.3) is 0 Å². The first-order valence-corrected chi connectivity index (χ1v) is 8.42. The maximum Gasteiger partial charge on any atom is 0.116 e. The fraction of sp³-hybridized carbons (Fsp3) is 0.333. The van der Waals surface area contributed by atoms with Crippen LogP contribution in [0.15, 0.2) is 53.4 Å². The monoisotopic (exact) mass is 299 g/mol. The third-order valence-electron chi connectivity index (χ3n) is 4.14. The van der Waals surface area contributed by atoms with Gasteiger partial charge in [0.2, 0.25) is 0 Å². The Balaban J connectivity index is 2.10. The zero-order valence-electron chi connectivity index (χ0n) is 12.3. The van der Waals surface area contributed by atoms with E-state index in [0.29, 0.717) is 0 Å². The number of rotatable bonds is 4. The first-order valence-electron chi connectivity index (χ1n) is 7.43. The molecule has 2 aromatic rings. The number of nitrogens with one attached hydrogen (secondary N) is 1. The topological polar surface area (TPSA) is 32.3 Å². The molecule has 0 aromatic heterocycles. The fourth-order valence-electron chi connectivity index (χ4n) is 3.07. The highest BCUT2D eigenvalue weighted by molar-refractivity contribution is 7.98. The number of hydrogen-bond donors (Lipinski definition) is 2. The van der Waals surface area contributed by atoms with Gasteiger partial charge in [-0.3, -0.25) is 0 Å². The van der Waals surface area contributed by atoms with Crippen LogP contribution in [0, 0.1) is 0 Å². The lowest BCUT2D eigenvalue weighted by Gasteiger charge is -2.31. The maximum absolute atomic E-state index is 11.5. The minimum absolute atomic E-state index is 0.739. The summed E-state index contributed by atoms with van der Waals surface area (Å²) in [6, 6.07) is 16.6. The molecule has 0 spiro atoms. The predicted molar refractivity (Wildman–Crippen MR) is 88.6 cm³/mol. The van der Waals surface area contributed by atoms with Crippen LogP contribution in [0.2, 0.25) is 0 Å². The summed E-state index contributed by atoms with van der Waals surface area (Å²) in [5.41, 5.74) is 2.48. The lowest BCUT2D eigenvalue weighted by molar-refractivity contribution is 0.0659. The molecule has 0 saturated heterocycles. The highest BCUT2D eigenvalue weighted by Gasteiger charge is 2.36. The largest absolute Gasteiger partial charge is 0.380 e. The average molecular weight is 299 g/mol. The molecule has 0 amide bonds. The molecule has 2 N–H and O–H groups in total. The van der Waals surface area contributed by atoms with E-state index in [-0.39, 0.29) is 0 Å². The van der Waals surface area contributed by atoms with Crippen molar-refractivity contribution in [3.05, 3.63) is 65.2 Å². The first-order chi connectivity index (χ1) is 10.3. The van der Waals surface area contributed by atoms with Gasteiger partial charge in [0, 0.05) is 16.2 Å². The van der Waals surface area contributed by atoms with E-state index >= 15 is 0 Å². The summed E-state index contributed by atoms with van der Waals surface area (Å²) in [6.45, 7) is 0.916. The minimum Gasteiger partial charge on any atom is -0.380 e. The molecular formula is C18H21NOS. The van der Waals surface area contributed by atoms with Crippen molar-refractivity contribution >= 4 is 11.8 Å². The molecule has 0 aliphatic carbocycles. The van der Waals surface area contributed by atoms with Gasteiger partial charge in [-0.1, -0.05) is 42.5 Å². The molecule has 0 saturated carbocycles. The quantitative estimate of drug-likeness (QED) is 0.847. The average Bonchev–Trinajstić information content (AvgIpc) is 2.65. The molecular weight excluding hydrogens is 278 g/mol. The normalized spacial score (nSPS) is 20.5. The van der Waals surface area contributed by atoms with Crippen LogP contribution in [-0.4, -0.2) is 18.7 Å². The van der Waals surface area contributed by atoms with Crippen LogP contribution < -0.4 is 5.32 Å². The van der Waals surface area contributed by atoms with Crippen molar-refractivity contribution in [2.75, 3.05) is 13.6 Å². The smallest absolute Gasteiger partial charge is 0.116 e. The molecule has 1 aliphatic rings. The second-order valence-corrected chi connectivity index (χ2v) is 6.53. The molecule has 1 atom stereocenters. The third kappa shape index (κ3) is 2.73. The summed E-state index contributed by atoms with van der Waals surface area (Å²) >= 11 is 1.82. The molecule has 1 aliphatic heterocycles. The Labute approximate surface area is 130 Å². The highest BCUT2D eigenvalue weighted by atomic mass is 32.2. The van der Waals surface area contributed by atoms with Crippen molar-refractivity contribution in [2.45, 2.75) is 29.1 Å². The summed E-state index contributed by atoms with van der Waals surface area (Å²) < 4.78 is 0. The molecule has 1 heterocycles. The Morgan fingerprint density at radius 2 is 1.81 bits per heavy atom. The van der Waals surface area contributed by atoms with Crippen molar-refractivity contribution in [3.8, 4) is 0 Å². The summed E-state index contributed by atoms with van der Waals surface area (Å²) in [5, 5.41) is 14.7. The van der Waals surface area contributed by atoms with Crippen LogP contribution in [0.1, 0.15) is 29.5 Å². The van der Waals surface area contributed by atoms with Gasteiger partial charge in [0.05, 0.1) is 0 Å². The zero-order valence-corrected chi connectivity index (χ0v) is 13.1. The van der Waals surface area contributed by atoms with Gasteiger partial charge < -0.3 is 10.4 Å². The van der Waals surface area contributed by atoms with E-state index in [4.69, 9.17) is 0 Å². The number of hydrogen-bond acceptors (Lipinski definition) is 3. The lowest BCUT2D eigenvalue weighted by Crippen LogP contribution is -2.29. The van der Waals surface area contributed by atoms with Crippen molar-refractivity contribution in [3.63, 3.8) is 0 Å². The van der Waals surface area contributed by atoms with Gasteiger partial charge >= 0.3 is 0 Å². The summed E-state index contributed by atoms with van der Waals surface area (Å²) in [6.07, 6.45) is 1.68. The molecule has 21 heavy (non-hydrogen) atoms. The fourth-order valence-corrected chi connectivity index (χ4v) is 4.20. The van der Waals surface area contributed by atoms with Crippen LogP contribution in [0.25, 0.3) is 0 Å². The Bertz CT molecular complexity index is 579. The van der Waals surface area contributed by atoms with Gasteiger partial charge in [-0.05, 0) is 43.6 Å². The summed E-state index contributed by atoms with van der Waals surface area (Å²) in [4.78, 5) is 1.20. The van der Waals surface area contributed by atoms with Crippen LogP contribution >= 0.6 is 11.8 Å². The minimum atomic E-state index is -0.881. The van der Waals surface area contributed by atoms with Gasteiger partial charge in [-0.2, -0.15) is 0 Å². The van der Waals surface area contributed by atoms with Crippen molar-refractivity contribution < 1.29 is 5.11 Å². The Kier molecular flexibility index (Phi) is 4.34. The van der Waals surface area contributed by atoms with E-state index < -0.39 is 5.60 Å². The standard InChI is InChI=1S/C18H21NOS/c1-19-12-6-11-18(20)15-8-3-2-7-14(15)13-21-17-10-5-4-9-16(17)18/h2-5,7-10,19-20H,6,11-13H2,1H3. The van der Waals surface area contributed by atoms with E-state index in [0.717, 1.165) is 36.3 Å². The lowest BCUT2D eigenvalue weighted by atomic mass is 9.80. The molecule has 0 bridgehead atoms. The Morgan fingerprint density at radius 3 is 2.62 bits per heavy atom. The maximum atomic E-state index is 11.5. The van der Waals surface area contributed by atoms with E-state index in [1.165, 1.54) is 10.5 Å². The van der Waals surface area contributed by atoms with E-state index in [1.807, 2.05) is 30.9 Å². The summed E-state index contributed by atoms with van der Waals surface area (Å²) in [5.74, 6) is 0.918. The molecule has 0 radical (unpaired) electrons. The van der Waals surface area contributed by atoms with Crippen molar-refractivity contribution in [1.82, 2.24) is 5.32 Å². The predicted octanol–water partition coefficient (Wildman–Crippen LogP) is 3.53. The SMILES string of the molecule is CNCCCC1(O)c2ccccc2CSc2ccccc21. The van der Waals surface area contributed by atoms with Gasteiger partial charge in [-0.25, -0.2) is 0 Å². The Hall–Kier alpha value is -1.29. The van der Waals surface area contributed by atoms with Crippen LogP contribution in [0.3, 0.4) is 0 Å². The third-order valence-corrected chi connectivity index (χ3v) is 5.27. The molecule has 110 valence electrons. The molecule has 1 unspecified atom stereocenters. The zero-order chi connectivity index (χ0) is 14.7. The van der Waals surface area contributed by atoms with Gasteiger partial charge in [-0.15, -0.1) is 11.8 Å². The molecule has 2 nitrogen and oxygen atoms in total. The number of fused-ring (bicyclic) bond motifs is 2. The second-order valence-electron chi connectivity index (χ2n) is 5.51. The Morgan fingerprint density at radius 1 is 1.10 bits per heavy atom. The number of aliphatic hydroxyl groups is 1. The number of benzene rings is 2. The van der Waals surface area contributed by atoms with E-state index in [1.54, 1.807) is 0 Å². The number of thioether (sulfide) groups is 1. The van der Waals surface area contributed by atoms with Crippen molar-refractivity contribution in [2.24, 2.45) is 0 Å². The first kappa shape index (κ1) is 14.6. The van der Waals surface area contributed by atoms with E-state index in [9.17, 15) is 5.11 Å². The van der Waals surface area contributed by atoms with Crippen molar-refractivity contribution in [1.29, 1.82) is 0 Å². The molecule has 3 heteroatoms. The second kappa shape index (κ2) is 6.22. The molecule has 3 rings (SSSR count).